The summed E-state index contributed by atoms with van der Waals surface area (Å²) >= 11 is 0. The first kappa shape index (κ1) is 21.6. The van der Waals surface area contributed by atoms with Gasteiger partial charge >= 0.3 is 18.1 Å². The standard InChI is InChI=1S/C21H27N3O6/c1-28-19(25)18(22-20(26)30-15-16-5-3-2-4-6-16)17-7-9-23(10-8-17)21(27)24-11-13-29-14-12-24/h2-6H,7-15H2,1H3,(H,22,26). The van der Waals surface area contributed by atoms with Crippen molar-refractivity contribution in [3.8, 4) is 0 Å². The lowest BCUT2D eigenvalue weighted by molar-refractivity contribution is -0.136. The Morgan fingerprint density at radius 2 is 1.63 bits per heavy atom. The van der Waals surface area contributed by atoms with Gasteiger partial charge in [0.1, 0.15) is 12.3 Å². The van der Waals surface area contributed by atoms with Crippen LogP contribution in [-0.4, -0.2) is 74.4 Å². The van der Waals surface area contributed by atoms with Gasteiger partial charge < -0.3 is 24.0 Å². The van der Waals surface area contributed by atoms with Crippen LogP contribution < -0.4 is 5.32 Å². The minimum absolute atomic E-state index is 0.0211. The number of carbonyl (C=O) groups excluding carboxylic acids is 3. The molecule has 1 aromatic rings. The van der Waals surface area contributed by atoms with Crippen LogP contribution in [0.1, 0.15) is 18.4 Å². The molecule has 9 nitrogen and oxygen atoms in total. The van der Waals surface area contributed by atoms with Gasteiger partial charge in [0.15, 0.2) is 0 Å². The van der Waals surface area contributed by atoms with Crippen molar-refractivity contribution in [3.05, 3.63) is 47.2 Å². The van der Waals surface area contributed by atoms with Crippen molar-refractivity contribution in [2.45, 2.75) is 19.4 Å². The smallest absolute Gasteiger partial charge is 0.412 e. The number of esters is 1. The summed E-state index contributed by atoms with van der Waals surface area (Å²) in [6.45, 7) is 3.29. The molecular formula is C21H27N3O6. The van der Waals surface area contributed by atoms with Crippen molar-refractivity contribution in [2.24, 2.45) is 0 Å². The Labute approximate surface area is 175 Å². The number of methoxy groups -OCH3 is 1. The molecule has 0 saturated carbocycles. The number of alkyl carbamates (subject to hydrolysis) is 1. The molecule has 0 spiro atoms. The van der Waals surface area contributed by atoms with Crippen LogP contribution in [0.15, 0.2) is 41.6 Å². The normalized spacial score (nSPS) is 16.6. The van der Waals surface area contributed by atoms with Crippen molar-refractivity contribution in [1.29, 1.82) is 0 Å². The van der Waals surface area contributed by atoms with E-state index < -0.39 is 12.1 Å². The van der Waals surface area contributed by atoms with Crippen molar-refractivity contribution < 1.29 is 28.6 Å². The lowest BCUT2D eigenvalue weighted by Gasteiger charge is -2.35. The molecule has 2 aliphatic rings. The summed E-state index contributed by atoms with van der Waals surface area (Å²) in [6, 6.07) is 9.24. The predicted octanol–water partition coefficient (Wildman–Crippen LogP) is 1.89. The SMILES string of the molecule is COC(=O)C(NC(=O)OCc1ccccc1)=C1CCN(C(=O)N2CCOCC2)CC1. The van der Waals surface area contributed by atoms with Gasteiger partial charge in [-0.3, -0.25) is 5.32 Å². The zero-order valence-corrected chi connectivity index (χ0v) is 17.1. The molecule has 0 atom stereocenters. The van der Waals surface area contributed by atoms with Crippen LogP contribution >= 0.6 is 0 Å². The van der Waals surface area contributed by atoms with E-state index >= 15 is 0 Å². The number of ether oxygens (including phenoxy) is 3. The molecular weight excluding hydrogens is 390 g/mol. The number of benzene rings is 1. The number of piperidine rings is 1. The zero-order chi connectivity index (χ0) is 21.3. The predicted molar refractivity (Wildman–Crippen MR) is 107 cm³/mol. The van der Waals surface area contributed by atoms with Gasteiger partial charge in [-0.25, -0.2) is 14.4 Å². The number of urea groups is 1. The molecule has 0 bridgehead atoms. The highest BCUT2D eigenvalue weighted by atomic mass is 16.6. The Bertz CT molecular complexity index is 779. The van der Waals surface area contributed by atoms with Gasteiger partial charge in [-0.2, -0.15) is 0 Å². The molecule has 2 fully saturated rings. The highest BCUT2D eigenvalue weighted by molar-refractivity contribution is 5.93. The highest BCUT2D eigenvalue weighted by Crippen LogP contribution is 2.21. The van der Waals surface area contributed by atoms with Crippen LogP contribution in [0.2, 0.25) is 0 Å². The molecule has 2 heterocycles. The fourth-order valence-corrected chi connectivity index (χ4v) is 3.42. The summed E-state index contributed by atoms with van der Waals surface area (Å²) in [4.78, 5) is 40.6. The maximum atomic E-state index is 12.6. The Kier molecular flexibility index (Phi) is 7.67. The second-order valence-corrected chi connectivity index (χ2v) is 7.03. The molecule has 30 heavy (non-hydrogen) atoms. The van der Waals surface area contributed by atoms with Gasteiger partial charge in [0.25, 0.3) is 0 Å². The Morgan fingerprint density at radius 1 is 1.00 bits per heavy atom. The number of likely N-dealkylation sites (tertiary alicyclic amines) is 1. The lowest BCUT2D eigenvalue weighted by atomic mass is 10.0. The first-order valence-corrected chi connectivity index (χ1v) is 9.98. The van der Waals surface area contributed by atoms with E-state index in [2.05, 4.69) is 5.32 Å². The van der Waals surface area contributed by atoms with E-state index in [1.165, 1.54) is 7.11 Å². The van der Waals surface area contributed by atoms with E-state index in [0.717, 1.165) is 11.1 Å². The molecule has 2 saturated heterocycles. The highest BCUT2D eigenvalue weighted by Gasteiger charge is 2.28. The Hall–Kier alpha value is -3.07. The molecule has 0 unspecified atom stereocenters. The molecule has 0 aliphatic carbocycles. The lowest BCUT2D eigenvalue weighted by Crippen LogP contribution is -2.50. The molecule has 1 aromatic carbocycles. The maximum absolute atomic E-state index is 12.6. The third kappa shape index (κ3) is 5.73. The summed E-state index contributed by atoms with van der Waals surface area (Å²) in [5.41, 5.74) is 1.67. The summed E-state index contributed by atoms with van der Waals surface area (Å²) in [5.74, 6) is -0.630. The molecule has 162 valence electrons. The Balaban J connectivity index is 1.58. The summed E-state index contributed by atoms with van der Waals surface area (Å²) in [5, 5.41) is 2.53. The van der Waals surface area contributed by atoms with Crippen molar-refractivity contribution in [3.63, 3.8) is 0 Å². The van der Waals surface area contributed by atoms with Gasteiger partial charge in [0.05, 0.1) is 20.3 Å². The Morgan fingerprint density at radius 3 is 2.27 bits per heavy atom. The zero-order valence-electron chi connectivity index (χ0n) is 17.1. The van der Waals surface area contributed by atoms with Gasteiger partial charge in [-0.1, -0.05) is 30.3 Å². The average Bonchev–Trinajstić information content (AvgIpc) is 2.81. The van der Waals surface area contributed by atoms with Crippen molar-refractivity contribution in [1.82, 2.24) is 15.1 Å². The molecule has 1 N–H and O–H groups in total. The number of hydrogen-bond donors (Lipinski definition) is 1. The molecule has 0 aromatic heterocycles. The minimum Gasteiger partial charge on any atom is -0.464 e. The third-order valence-corrected chi connectivity index (χ3v) is 5.10. The average molecular weight is 417 g/mol. The number of nitrogens with one attached hydrogen (secondary N) is 1. The van der Waals surface area contributed by atoms with Crippen molar-refractivity contribution >= 4 is 18.1 Å². The summed E-state index contributed by atoms with van der Waals surface area (Å²) < 4.78 is 15.3. The van der Waals surface area contributed by atoms with Gasteiger partial charge in [0.2, 0.25) is 0 Å². The van der Waals surface area contributed by atoms with Crippen LogP contribution in [0.3, 0.4) is 0 Å². The van der Waals surface area contributed by atoms with Crippen LogP contribution in [0.4, 0.5) is 9.59 Å². The van der Waals surface area contributed by atoms with Crippen LogP contribution in [-0.2, 0) is 25.6 Å². The largest absolute Gasteiger partial charge is 0.464 e. The number of morpholine rings is 1. The number of nitrogens with zero attached hydrogens (tertiary/aromatic N) is 2. The molecule has 2 aliphatic heterocycles. The monoisotopic (exact) mass is 417 g/mol. The van der Waals surface area contributed by atoms with E-state index in [0.29, 0.717) is 52.2 Å². The summed E-state index contributed by atoms with van der Waals surface area (Å²) in [6.07, 6.45) is 0.220. The second kappa shape index (κ2) is 10.6. The first-order chi connectivity index (χ1) is 14.6. The number of rotatable bonds is 4. The van der Waals surface area contributed by atoms with Gasteiger partial charge in [0, 0.05) is 26.2 Å². The number of amides is 3. The van der Waals surface area contributed by atoms with Crippen LogP contribution in [0, 0.1) is 0 Å². The molecule has 3 rings (SSSR count). The minimum atomic E-state index is -0.724. The molecule has 9 heteroatoms. The van der Waals surface area contributed by atoms with E-state index in [9.17, 15) is 14.4 Å². The number of carbonyl (C=O) groups is 3. The van der Waals surface area contributed by atoms with Crippen molar-refractivity contribution in [2.75, 3.05) is 46.5 Å². The quantitative estimate of drug-likeness (QED) is 0.594. The molecule has 0 radical (unpaired) electrons. The van der Waals surface area contributed by atoms with E-state index in [4.69, 9.17) is 14.2 Å². The fraction of sp³-hybridized carbons (Fsp3) is 0.476. The van der Waals surface area contributed by atoms with Gasteiger partial charge in [-0.05, 0) is 24.0 Å². The maximum Gasteiger partial charge on any atom is 0.412 e. The summed E-state index contributed by atoms with van der Waals surface area (Å²) in [7, 11) is 1.26. The third-order valence-electron chi connectivity index (χ3n) is 5.10. The molecule has 3 amide bonds. The van der Waals surface area contributed by atoms with Crippen LogP contribution in [0.5, 0.6) is 0 Å². The topological polar surface area (TPSA) is 97.4 Å². The van der Waals surface area contributed by atoms with E-state index in [1.807, 2.05) is 30.3 Å². The fourth-order valence-electron chi connectivity index (χ4n) is 3.42. The van der Waals surface area contributed by atoms with Gasteiger partial charge in [-0.15, -0.1) is 0 Å². The number of hydrogen-bond acceptors (Lipinski definition) is 6. The second-order valence-electron chi connectivity index (χ2n) is 7.03. The van der Waals surface area contributed by atoms with E-state index in [1.54, 1.807) is 9.80 Å². The van der Waals surface area contributed by atoms with Crippen LogP contribution in [0.25, 0.3) is 0 Å². The first-order valence-electron chi connectivity index (χ1n) is 9.98. The van der Waals surface area contributed by atoms with E-state index in [-0.39, 0.29) is 18.3 Å².